The Bertz CT molecular complexity index is 884. The van der Waals surface area contributed by atoms with Crippen molar-refractivity contribution in [1.29, 1.82) is 5.26 Å². The van der Waals surface area contributed by atoms with Gasteiger partial charge in [-0.05, 0) is 43.0 Å². The minimum atomic E-state index is 0.0863. The van der Waals surface area contributed by atoms with Crippen LogP contribution >= 0.6 is 11.8 Å². The van der Waals surface area contributed by atoms with Gasteiger partial charge in [0.2, 0.25) is 5.91 Å². The molecule has 1 aliphatic rings. The number of amides is 1. The minimum Gasteiger partial charge on any atom is -0.338 e. The second-order valence-electron chi connectivity index (χ2n) is 6.35. The van der Waals surface area contributed by atoms with Gasteiger partial charge in [0.25, 0.3) is 0 Å². The van der Waals surface area contributed by atoms with Gasteiger partial charge in [-0.25, -0.2) is 4.98 Å². The van der Waals surface area contributed by atoms with Crippen LogP contribution in [0.2, 0.25) is 0 Å². The molecule has 0 atom stereocenters. The van der Waals surface area contributed by atoms with Crippen molar-refractivity contribution in [3.8, 4) is 6.07 Å². The van der Waals surface area contributed by atoms with Crippen molar-refractivity contribution in [3.63, 3.8) is 0 Å². The van der Waals surface area contributed by atoms with Crippen LogP contribution in [-0.4, -0.2) is 34.6 Å². The fourth-order valence-corrected chi connectivity index (χ4v) is 4.08. The maximum Gasteiger partial charge on any atom is 0.233 e. The van der Waals surface area contributed by atoms with E-state index in [-0.39, 0.29) is 5.91 Å². The first kappa shape index (κ1) is 18.2. The first-order valence-electron chi connectivity index (χ1n) is 8.62. The molecule has 0 aliphatic carbocycles. The zero-order chi connectivity index (χ0) is 18.5. The van der Waals surface area contributed by atoms with Crippen LogP contribution in [0, 0.1) is 25.2 Å². The summed E-state index contributed by atoms with van der Waals surface area (Å²) in [5, 5.41) is 9.98. The second kappa shape index (κ2) is 8.20. The third-order valence-corrected chi connectivity index (χ3v) is 5.42. The summed E-state index contributed by atoms with van der Waals surface area (Å²) in [5.41, 5.74) is 4.86. The van der Waals surface area contributed by atoms with Crippen LogP contribution in [-0.2, 0) is 4.79 Å². The maximum absolute atomic E-state index is 12.5. The summed E-state index contributed by atoms with van der Waals surface area (Å²) < 4.78 is 0. The highest BCUT2D eigenvalue weighted by atomic mass is 32.2. The van der Waals surface area contributed by atoms with Crippen molar-refractivity contribution in [2.24, 2.45) is 0 Å². The number of carbonyl (C=O) groups is 1. The lowest BCUT2D eigenvalue weighted by molar-refractivity contribution is -0.127. The van der Waals surface area contributed by atoms with Crippen molar-refractivity contribution in [3.05, 3.63) is 64.9 Å². The lowest BCUT2D eigenvalue weighted by Gasteiger charge is -2.26. The van der Waals surface area contributed by atoms with Gasteiger partial charge in [0.1, 0.15) is 11.1 Å². The standard InChI is InChI=1S/C21H21N3OS/c1-15-12-16(2)23-21(19(15)13-22)26-14-20(25)24-10-8-18(9-11-24)17-6-4-3-5-7-17/h3-8,12H,9-11,14H2,1-2H3. The number of carbonyl (C=O) groups excluding carboxylic acids is 1. The van der Waals surface area contributed by atoms with E-state index < -0.39 is 0 Å². The number of rotatable bonds is 4. The smallest absolute Gasteiger partial charge is 0.233 e. The molecular weight excluding hydrogens is 342 g/mol. The zero-order valence-corrected chi connectivity index (χ0v) is 15.8. The summed E-state index contributed by atoms with van der Waals surface area (Å²) in [5.74, 6) is 0.391. The van der Waals surface area contributed by atoms with Crippen molar-refractivity contribution in [2.45, 2.75) is 25.3 Å². The summed E-state index contributed by atoms with van der Waals surface area (Å²) in [6.07, 6.45) is 3.00. The van der Waals surface area contributed by atoms with Gasteiger partial charge in [-0.2, -0.15) is 5.26 Å². The van der Waals surface area contributed by atoms with Crippen LogP contribution in [0.4, 0.5) is 0 Å². The van der Waals surface area contributed by atoms with Crippen LogP contribution in [0.15, 0.2) is 47.5 Å². The third kappa shape index (κ3) is 4.14. The summed E-state index contributed by atoms with van der Waals surface area (Å²) in [7, 11) is 0. The van der Waals surface area contributed by atoms with E-state index >= 15 is 0 Å². The fourth-order valence-electron chi connectivity index (χ4n) is 3.07. The van der Waals surface area contributed by atoms with Crippen molar-refractivity contribution < 1.29 is 4.79 Å². The van der Waals surface area contributed by atoms with E-state index in [1.165, 1.54) is 22.9 Å². The van der Waals surface area contributed by atoms with E-state index in [1.54, 1.807) is 0 Å². The highest BCUT2D eigenvalue weighted by Gasteiger charge is 2.19. The van der Waals surface area contributed by atoms with Crippen LogP contribution < -0.4 is 0 Å². The average Bonchev–Trinajstić information content (AvgIpc) is 2.66. The number of benzene rings is 1. The topological polar surface area (TPSA) is 57.0 Å². The monoisotopic (exact) mass is 363 g/mol. The Kier molecular flexibility index (Phi) is 5.75. The van der Waals surface area contributed by atoms with E-state index in [9.17, 15) is 10.1 Å². The summed E-state index contributed by atoms with van der Waals surface area (Å²) >= 11 is 1.35. The van der Waals surface area contributed by atoms with Gasteiger partial charge in [0, 0.05) is 18.8 Å². The Balaban J connectivity index is 1.62. The number of aromatic nitrogens is 1. The number of hydrogen-bond acceptors (Lipinski definition) is 4. The molecule has 2 aromatic rings. The molecule has 3 rings (SSSR count). The Morgan fingerprint density at radius 3 is 2.73 bits per heavy atom. The van der Waals surface area contributed by atoms with Gasteiger partial charge in [-0.3, -0.25) is 4.79 Å². The highest BCUT2D eigenvalue weighted by Crippen LogP contribution is 2.25. The fraction of sp³-hybridized carbons (Fsp3) is 0.286. The molecule has 0 radical (unpaired) electrons. The van der Waals surface area contributed by atoms with Crippen molar-refractivity contribution >= 4 is 23.2 Å². The number of pyridine rings is 1. The van der Waals surface area contributed by atoms with Gasteiger partial charge in [-0.15, -0.1) is 0 Å². The molecule has 2 heterocycles. The van der Waals surface area contributed by atoms with E-state index in [0.717, 1.165) is 24.2 Å². The van der Waals surface area contributed by atoms with Crippen LogP contribution in [0.1, 0.15) is 28.8 Å². The average molecular weight is 363 g/mol. The minimum absolute atomic E-state index is 0.0863. The van der Waals surface area contributed by atoms with Gasteiger partial charge in [0.15, 0.2) is 0 Å². The molecule has 1 aromatic carbocycles. The summed E-state index contributed by atoms with van der Waals surface area (Å²) in [4.78, 5) is 18.8. The molecule has 0 bridgehead atoms. The van der Waals surface area contributed by atoms with Crippen LogP contribution in [0.5, 0.6) is 0 Å². The highest BCUT2D eigenvalue weighted by molar-refractivity contribution is 8.00. The van der Waals surface area contributed by atoms with Crippen LogP contribution in [0.3, 0.4) is 0 Å². The Hall–Kier alpha value is -2.58. The molecule has 1 aliphatic heterocycles. The Morgan fingerprint density at radius 1 is 1.31 bits per heavy atom. The predicted octanol–water partition coefficient (Wildman–Crippen LogP) is 3.98. The Morgan fingerprint density at radius 2 is 2.08 bits per heavy atom. The first-order chi connectivity index (χ1) is 12.6. The van der Waals surface area contributed by atoms with Crippen LogP contribution in [0.25, 0.3) is 5.57 Å². The van der Waals surface area contributed by atoms with Gasteiger partial charge in [0.05, 0.1) is 11.3 Å². The van der Waals surface area contributed by atoms with Gasteiger partial charge < -0.3 is 4.90 Å². The summed E-state index contributed by atoms with van der Waals surface area (Å²) in [6.45, 7) is 5.17. The van der Waals surface area contributed by atoms with E-state index in [2.05, 4.69) is 29.3 Å². The number of thioether (sulfide) groups is 1. The molecule has 132 valence electrons. The van der Waals surface area contributed by atoms with E-state index in [4.69, 9.17) is 0 Å². The molecule has 4 nitrogen and oxygen atoms in total. The quantitative estimate of drug-likeness (QED) is 0.771. The van der Waals surface area contributed by atoms with E-state index in [0.29, 0.717) is 22.9 Å². The lowest BCUT2D eigenvalue weighted by atomic mass is 10.00. The number of nitrogens with zero attached hydrogens (tertiary/aromatic N) is 3. The first-order valence-corrected chi connectivity index (χ1v) is 9.60. The second-order valence-corrected chi connectivity index (χ2v) is 7.31. The lowest BCUT2D eigenvalue weighted by Crippen LogP contribution is -2.35. The molecule has 0 saturated carbocycles. The molecule has 0 unspecified atom stereocenters. The predicted molar refractivity (Wildman–Crippen MR) is 105 cm³/mol. The molecule has 5 heteroatoms. The number of hydrogen-bond donors (Lipinski definition) is 0. The molecule has 0 saturated heterocycles. The molecule has 0 N–H and O–H groups in total. The third-order valence-electron chi connectivity index (χ3n) is 4.46. The molecule has 0 spiro atoms. The molecule has 0 fully saturated rings. The number of aryl methyl sites for hydroxylation is 2. The summed E-state index contributed by atoms with van der Waals surface area (Å²) in [6, 6.07) is 14.4. The Labute approximate surface area is 158 Å². The maximum atomic E-state index is 12.5. The molecular formula is C21H21N3OS. The zero-order valence-electron chi connectivity index (χ0n) is 15.0. The van der Waals surface area contributed by atoms with E-state index in [1.807, 2.05) is 43.0 Å². The molecule has 26 heavy (non-hydrogen) atoms. The molecule has 1 aromatic heterocycles. The van der Waals surface area contributed by atoms with Gasteiger partial charge in [-0.1, -0.05) is 48.2 Å². The SMILES string of the molecule is Cc1cc(C)c(C#N)c(SCC(=O)N2CC=C(c3ccccc3)CC2)n1. The largest absolute Gasteiger partial charge is 0.338 e. The van der Waals surface area contributed by atoms with Crippen molar-refractivity contribution in [1.82, 2.24) is 9.88 Å². The number of nitriles is 1. The molecule has 1 amide bonds. The van der Waals surface area contributed by atoms with Gasteiger partial charge >= 0.3 is 0 Å². The normalized spacial score (nSPS) is 13.9. The van der Waals surface area contributed by atoms with Crippen molar-refractivity contribution in [2.75, 3.05) is 18.8 Å².